The third kappa shape index (κ3) is 14.0. The first-order valence-electron chi connectivity index (χ1n) is 7.35. The van der Waals surface area contributed by atoms with Crippen LogP contribution in [0.15, 0.2) is 0 Å². The van der Waals surface area contributed by atoms with Crippen molar-refractivity contribution < 1.29 is 0 Å². The monoisotopic (exact) mass is 224 g/mol. The van der Waals surface area contributed by atoms with Gasteiger partial charge >= 0.3 is 0 Å². The van der Waals surface area contributed by atoms with E-state index in [1.54, 1.807) is 5.92 Å². The Morgan fingerprint density at radius 2 is 1.00 bits per heavy atom. The largest absolute Gasteiger partial charge is 0.0594 e. The quantitative estimate of drug-likeness (QED) is 0.350. The van der Waals surface area contributed by atoms with Crippen molar-refractivity contribution in [2.45, 2.75) is 90.9 Å². The zero-order valence-corrected chi connectivity index (χ0v) is 11.7. The van der Waals surface area contributed by atoms with Gasteiger partial charge in [0.25, 0.3) is 0 Å². The summed E-state index contributed by atoms with van der Waals surface area (Å²) in [4.78, 5) is 0. The van der Waals surface area contributed by atoms with E-state index in [0.717, 1.165) is 6.42 Å². The average Bonchev–Trinajstić information content (AvgIpc) is 2.25. The SMILES string of the molecule is [CH2]CCCCCCCCCCCC[C](C)C. The van der Waals surface area contributed by atoms with Crippen LogP contribution in [0.1, 0.15) is 90.9 Å². The van der Waals surface area contributed by atoms with Gasteiger partial charge in [-0.15, -0.1) is 0 Å². The van der Waals surface area contributed by atoms with Crippen LogP contribution >= 0.6 is 0 Å². The van der Waals surface area contributed by atoms with E-state index >= 15 is 0 Å². The number of hydrogen-bond acceptors (Lipinski definition) is 0. The molecule has 0 aliphatic rings. The summed E-state index contributed by atoms with van der Waals surface area (Å²) in [6, 6.07) is 0. The molecule has 0 spiro atoms. The lowest BCUT2D eigenvalue weighted by Crippen LogP contribution is -1.85. The molecule has 0 saturated heterocycles. The topological polar surface area (TPSA) is 0 Å². The standard InChI is InChI=1S/C16H32/c1-4-5-6-7-8-9-10-11-12-13-14-15-16(2)3/h1,4-15H2,2-3H3. The lowest BCUT2D eigenvalue weighted by molar-refractivity contribution is 0.548. The van der Waals surface area contributed by atoms with Crippen LogP contribution in [0.2, 0.25) is 0 Å². The normalized spacial score (nSPS) is 11.2. The highest BCUT2D eigenvalue weighted by Crippen LogP contribution is 2.14. The molecule has 0 bridgehead atoms. The van der Waals surface area contributed by atoms with E-state index in [-0.39, 0.29) is 0 Å². The first-order valence-corrected chi connectivity index (χ1v) is 7.35. The van der Waals surface area contributed by atoms with E-state index in [9.17, 15) is 0 Å². The molecular formula is C16H32. The van der Waals surface area contributed by atoms with Gasteiger partial charge < -0.3 is 0 Å². The smallest absolute Gasteiger partial charge is 0.0303 e. The Morgan fingerprint density at radius 3 is 1.38 bits per heavy atom. The number of unbranched alkanes of at least 4 members (excludes halogenated alkanes) is 10. The van der Waals surface area contributed by atoms with Crippen LogP contribution in [-0.4, -0.2) is 0 Å². The number of rotatable bonds is 12. The molecule has 0 N–H and O–H groups in total. The van der Waals surface area contributed by atoms with Crippen molar-refractivity contribution in [3.63, 3.8) is 0 Å². The average molecular weight is 224 g/mol. The van der Waals surface area contributed by atoms with Crippen molar-refractivity contribution in [2.75, 3.05) is 0 Å². The fourth-order valence-electron chi connectivity index (χ4n) is 2.07. The van der Waals surface area contributed by atoms with Crippen LogP contribution in [0.5, 0.6) is 0 Å². The lowest BCUT2D eigenvalue weighted by Gasteiger charge is -2.04. The molecule has 16 heavy (non-hydrogen) atoms. The maximum absolute atomic E-state index is 3.87. The molecule has 96 valence electrons. The molecule has 0 nitrogen and oxygen atoms in total. The minimum Gasteiger partial charge on any atom is -0.0594 e. The van der Waals surface area contributed by atoms with Crippen molar-refractivity contribution in [2.24, 2.45) is 0 Å². The van der Waals surface area contributed by atoms with Gasteiger partial charge in [-0.2, -0.15) is 0 Å². The van der Waals surface area contributed by atoms with Crippen LogP contribution in [0.3, 0.4) is 0 Å². The van der Waals surface area contributed by atoms with Crippen LogP contribution in [0, 0.1) is 12.8 Å². The van der Waals surface area contributed by atoms with Gasteiger partial charge in [0, 0.05) is 0 Å². The second kappa shape index (κ2) is 13.1. The van der Waals surface area contributed by atoms with Crippen LogP contribution in [0.4, 0.5) is 0 Å². The molecular weight excluding hydrogens is 192 g/mol. The third-order valence-corrected chi connectivity index (χ3v) is 3.18. The van der Waals surface area contributed by atoms with Crippen LogP contribution in [0.25, 0.3) is 0 Å². The Kier molecular flexibility index (Phi) is 13.1. The first-order chi connectivity index (χ1) is 7.77. The van der Waals surface area contributed by atoms with Crippen molar-refractivity contribution >= 4 is 0 Å². The van der Waals surface area contributed by atoms with Crippen LogP contribution in [-0.2, 0) is 0 Å². The summed E-state index contributed by atoms with van der Waals surface area (Å²) in [5.74, 6) is 1.59. The molecule has 0 amide bonds. The molecule has 0 rings (SSSR count). The fourth-order valence-corrected chi connectivity index (χ4v) is 2.07. The molecule has 0 aromatic carbocycles. The second-order valence-corrected chi connectivity index (χ2v) is 5.35. The summed E-state index contributed by atoms with van der Waals surface area (Å²) in [5, 5.41) is 0. The second-order valence-electron chi connectivity index (χ2n) is 5.35. The van der Waals surface area contributed by atoms with Gasteiger partial charge in [-0.1, -0.05) is 91.4 Å². The predicted molar refractivity (Wildman–Crippen MR) is 75.4 cm³/mol. The van der Waals surface area contributed by atoms with Crippen LogP contribution < -0.4 is 0 Å². The first kappa shape index (κ1) is 16.0. The molecule has 2 radical (unpaired) electrons. The van der Waals surface area contributed by atoms with Gasteiger partial charge in [-0.3, -0.25) is 0 Å². The summed E-state index contributed by atoms with van der Waals surface area (Å²) in [6.07, 6.45) is 16.7. The fraction of sp³-hybridized carbons (Fsp3) is 0.875. The Bertz CT molecular complexity index is 115. The van der Waals surface area contributed by atoms with Crippen molar-refractivity contribution in [1.82, 2.24) is 0 Å². The lowest BCUT2D eigenvalue weighted by atomic mass is 10.0. The zero-order valence-electron chi connectivity index (χ0n) is 11.7. The maximum Gasteiger partial charge on any atom is -0.0303 e. The van der Waals surface area contributed by atoms with Gasteiger partial charge in [0.05, 0.1) is 0 Å². The molecule has 0 aromatic rings. The van der Waals surface area contributed by atoms with E-state index in [1.165, 1.54) is 70.6 Å². The van der Waals surface area contributed by atoms with Gasteiger partial charge in [0.1, 0.15) is 0 Å². The molecule has 0 aliphatic heterocycles. The highest BCUT2D eigenvalue weighted by Gasteiger charge is 1.95. The highest BCUT2D eigenvalue weighted by molar-refractivity contribution is 4.75. The minimum atomic E-state index is 1.12. The number of hydrogen-bond donors (Lipinski definition) is 0. The molecule has 0 aliphatic carbocycles. The third-order valence-electron chi connectivity index (χ3n) is 3.18. The van der Waals surface area contributed by atoms with E-state index in [4.69, 9.17) is 0 Å². The zero-order chi connectivity index (χ0) is 12.1. The van der Waals surface area contributed by atoms with E-state index < -0.39 is 0 Å². The van der Waals surface area contributed by atoms with Gasteiger partial charge in [0.15, 0.2) is 0 Å². The predicted octanol–water partition coefficient (Wildman–Crippen LogP) is 6.12. The summed E-state index contributed by atoms with van der Waals surface area (Å²) in [5.41, 5.74) is 0. The molecule has 0 heteroatoms. The Balaban J connectivity index is 2.88. The van der Waals surface area contributed by atoms with Crippen molar-refractivity contribution in [3.05, 3.63) is 12.8 Å². The highest BCUT2D eigenvalue weighted by atomic mass is 14.0. The van der Waals surface area contributed by atoms with Gasteiger partial charge in [0.2, 0.25) is 0 Å². The minimum absolute atomic E-state index is 1.12. The molecule has 0 fully saturated rings. The molecule has 0 aromatic heterocycles. The maximum atomic E-state index is 3.87. The summed E-state index contributed by atoms with van der Waals surface area (Å²) >= 11 is 0. The summed E-state index contributed by atoms with van der Waals surface area (Å²) < 4.78 is 0. The molecule has 0 atom stereocenters. The van der Waals surface area contributed by atoms with Crippen molar-refractivity contribution in [3.8, 4) is 0 Å². The van der Waals surface area contributed by atoms with E-state index in [0.29, 0.717) is 0 Å². The van der Waals surface area contributed by atoms with E-state index in [1.807, 2.05) is 0 Å². The summed E-state index contributed by atoms with van der Waals surface area (Å²) in [6.45, 7) is 8.36. The molecule has 0 heterocycles. The molecule has 0 saturated carbocycles. The van der Waals surface area contributed by atoms with E-state index in [2.05, 4.69) is 20.8 Å². The van der Waals surface area contributed by atoms with Crippen molar-refractivity contribution in [1.29, 1.82) is 0 Å². The Morgan fingerprint density at radius 1 is 0.625 bits per heavy atom. The van der Waals surface area contributed by atoms with Gasteiger partial charge in [-0.25, -0.2) is 0 Å². The molecule has 0 unspecified atom stereocenters. The summed E-state index contributed by atoms with van der Waals surface area (Å²) in [7, 11) is 0. The van der Waals surface area contributed by atoms with Gasteiger partial charge in [-0.05, 0) is 12.3 Å². The Hall–Kier alpha value is 0. The Labute approximate surface area is 104 Å².